The maximum atomic E-state index is 6.07. The van der Waals surface area contributed by atoms with Gasteiger partial charge in [0.05, 0.1) is 0 Å². The number of aromatic nitrogens is 1. The van der Waals surface area contributed by atoms with E-state index in [0.717, 1.165) is 6.42 Å². The summed E-state index contributed by atoms with van der Waals surface area (Å²) >= 11 is 0. The van der Waals surface area contributed by atoms with Crippen molar-refractivity contribution in [3.63, 3.8) is 0 Å². The largest absolute Gasteiger partial charge is 0.324 e. The fraction of sp³-hybridized carbons (Fsp3) is 0.545. The van der Waals surface area contributed by atoms with Crippen LogP contribution >= 0.6 is 0 Å². The van der Waals surface area contributed by atoms with E-state index in [-0.39, 0.29) is 6.04 Å². The van der Waals surface area contributed by atoms with Crippen LogP contribution in [0.15, 0.2) is 18.5 Å². The Balaban J connectivity index is 2.98. The van der Waals surface area contributed by atoms with E-state index < -0.39 is 0 Å². The smallest absolute Gasteiger partial charge is 0.0336 e. The van der Waals surface area contributed by atoms with Crippen LogP contribution in [-0.4, -0.2) is 4.98 Å². The first kappa shape index (κ1) is 10.2. The van der Waals surface area contributed by atoms with Crippen molar-refractivity contribution in [3.05, 3.63) is 29.6 Å². The van der Waals surface area contributed by atoms with Crippen LogP contribution < -0.4 is 5.73 Å². The molecule has 0 radical (unpaired) electrons. The highest BCUT2D eigenvalue weighted by atomic mass is 14.7. The Bertz CT molecular complexity index is 269. The first-order valence-corrected chi connectivity index (χ1v) is 4.85. The topological polar surface area (TPSA) is 38.9 Å². The zero-order valence-electron chi connectivity index (χ0n) is 8.62. The van der Waals surface area contributed by atoms with Crippen LogP contribution in [0, 0.1) is 5.92 Å². The molecule has 0 aliphatic carbocycles. The molecule has 1 aromatic rings. The SMILES string of the molecule is CCc1ccncc1[C@H](N)C(C)C. The van der Waals surface area contributed by atoms with Gasteiger partial charge in [-0.25, -0.2) is 0 Å². The van der Waals surface area contributed by atoms with Crippen molar-refractivity contribution in [2.24, 2.45) is 11.7 Å². The van der Waals surface area contributed by atoms with Gasteiger partial charge in [-0.15, -0.1) is 0 Å². The van der Waals surface area contributed by atoms with E-state index in [4.69, 9.17) is 5.73 Å². The predicted molar refractivity (Wildman–Crippen MR) is 55.4 cm³/mol. The lowest BCUT2D eigenvalue weighted by molar-refractivity contribution is 0.509. The van der Waals surface area contributed by atoms with Crippen molar-refractivity contribution < 1.29 is 0 Å². The number of aryl methyl sites for hydroxylation is 1. The van der Waals surface area contributed by atoms with Crippen LogP contribution in [0.4, 0.5) is 0 Å². The average Bonchev–Trinajstić information content (AvgIpc) is 2.16. The normalized spacial score (nSPS) is 13.3. The summed E-state index contributed by atoms with van der Waals surface area (Å²) in [5, 5.41) is 0. The van der Waals surface area contributed by atoms with Gasteiger partial charge in [-0.2, -0.15) is 0 Å². The molecule has 0 saturated carbocycles. The van der Waals surface area contributed by atoms with E-state index in [9.17, 15) is 0 Å². The minimum absolute atomic E-state index is 0.114. The van der Waals surface area contributed by atoms with E-state index in [2.05, 4.69) is 31.8 Å². The molecule has 0 bridgehead atoms. The summed E-state index contributed by atoms with van der Waals surface area (Å²) in [6.45, 7) is 6.42. The highest BCUT2D eigenvalue weighted by molar-refractivity contribution is 5.26. The zero-order valence-corrected chi connectivity index (χ0v) is 8.62. The molecule has 0 unspecified atom stereocenters. The van der Waals surface area contributed by atoms with Gasteiger partial charge in [-0.3, -0.25) is 4.98 Å². The third-order valence-corrected chi connectivity index (χ3v) is 2.40. The molecule has 2 heteroatoms. The van der Waals surface area contributed by atoms with Crippen LogP contribution in [0.1, 0.15) is 37.9 Å². The third kappa shape index (κ3) is 2.28. The van der Waals surface area contributed by atoms with E-state index in [0.29, 0.717) is 5.92 Å². The molecule has 0 fully saturated rings. The standard InChI is InChI=1S/C11H18N2/c1-4-9-5-6-13-7-10(9)11(12)8(2)3/h5-8,11H,4,12H2,1-3H3/t11-/m1/s1. The Labute approximate surface area is 80.2 Å². The summed E-state index contributed by atoms with van der Waals surface area (Å²) in [5.41, 5.74) is 8.58. The molecule has 1 rings (SSSR count). The highest BCUT2D eigenvalue weighted by Gasteiger charge is 2.13. The summed E-state index contributed by atoms with van der Waals surface area (Å²) in [5.74, 6) is 0.467. The van der Waals surface area contributed by atoms with E-state index in [1.165, 1.54) is 11.1 Å². The summed E-state index contributed by atoms with van der Waals surface area (Å²) < 4.78 is 0. The number of hydrogen-bond donors (Lipinski definition) is 1. The third-order valence-electron chi connectivity index (χ3n) is 2.40. The van der Waals surface area contributed by atoms with Crippen molar-refractivity contribution in [2.45, 2.75) is 33.2 Å². The highest BCUT2D eigenvalue weighted by Crippen LogP contribution is 2.21. The second kappa shape index (κ2) is 4.38. The van der Waals surface area contributed by atoms with Crippen molar-refractivity contribution in [1.82, 2.24) is 4.98 Å². The Morgan fingerprint density at radius 1 is 1.46 bits per heavy atom. The maximum absolute atomic E-state index is 6.07. The number of nitrogens with zero attached hydrogens (tertiary/aromatic N) is 1. The van der Waals surface area contributed by atoms with Gasteiger partial charge in [-0.05, 0) is 29.5 Å². The van der Waals surface area contributed by atoms with Crippen LogP contribution in [0.3, 0.4) is 0 Å². The Kier molecular flexibility index (Phi) is 3.43. The van der Waals surface area contributed by atoms with Gasteiger partial charge in [0.25, 0.3) is 0 Å². The molecule has 72 valence electrons. The fourth-order valence-corrected chi connectivity index (χ4v) is 1.42. The van der Waals surface area contributed by atoms with Crippen molar-refractivity contribution in [3.8, 4) is 0 Å². The van der Waals surface area contributed by atoms with E-state index in [1.54, 1.807) is 0 Å². The molecule has 0 aliphatic rings. The van der Waals surface area contributed by atoms with Crippen LogP contribution in [0.5, 0.6) is 0 Å². The molecule has 0 aromatic carbocycles. The Hall–Kier alpha value is -0.890. The van der Waals surface area contributed by atoms with Crippen LogP contribution in [-0.2, 0) is 6.42 Å². The lowest BCUT2D eigenvalue weighted by Gasteiger charge is -2.18. The monoisotopic (exact) mass is 178 g/mol. The summed E-state index contributed by atoms with van der Waals surface area (Å²) in [6, 6.07) is 2.17. The molecule has 1 aromatic heterocycles. The van der Waals surface area contributed by atoms with Crippen molar-refractivity contribution in [2.75, 3.05) is 0 Å². The number of hydrogen-bond acceptors (Lipinski definition) is 2. The minimum Gasteiger partial charge on any atom is -0.324 e. The van der Waals surface area contributed by atoms with Crippen LogP contribution in [0.2, 0.25) is 0 Å². The predicted octanol–water partition coefficient (Wildman–Crippen LogP) is 2.30. The number of pyridine rings is 1. The van der Waals surface area contributed by atoms with Gasteiger partial charge in [0, 0.05) is 18.4 Å². The molecule has 13 heavy (non-hydrogen) atoms. The molecule has 0 aliphatic heterocycles. The molecule has 2 N–H and O–H groups in total. The van der Waals surface area contributed by atoms with Gasteiger partial charge in [0.2, 0.25) is 0 Å². The van der Waals surface area contributed by atoms with Gasteiger partial charge in [0.1, 0.15) is 0 Å². The summed E-state index contributed by atoms with van der Waals surface area (Å²) in [4.78, 5) is 4.12. The second-order valence-electron chi connectivity index (χ2n) is 3.70. The van der Waals surface area contributed by atoms with Gasteiger partial charge in [-0.1, -0.05) is 20.8 Å². The summed E-state index contributed by atoms with van der Waals surface area (Å²) in [6.07, 6.45) is 4.75. The second-order valence-corrected chi connectivity index (χ2v) is 3.70. The Morgan fingerprint density at radius 3 is 2.69 bits per heavy atom. The molecule has 0 amide bonds. The quantitative estimate of drug-likeness (QED) is 0.771. The lowest BCUT2D eigenvalue weighted by Crippen LogP contribution is -2.18. The number of rotatable bonds is 3. The minimum atomic E-state index is 0.114. The lowest BCUT2D eigenvalue weighted by atomic mass is 9.94. The van der Waals surface area contributed by atoms with Crippen LogP contribution in [0.25, 0.3) is 0 Å². The number of nitrogens with two attached hydrogens (primary N) is 1. The maximum Gasteiger partial charge on any atom is 0.0336 e. The first-order chi connectivity index (χ1) is 6.16. The average molecular weight is 178 g/mol. The molecule has 1 heterocycles. The van der Waals surface area contributed by atoms with Gasteiger partial charge < -0.3 is 5.73 Å². The molecule has 2 nitrogen and oxygen atoms in total. The van der Waals surface area contributed by atoms with Crippen molar-refractivity contribution in [1.29, 1.82) is 0 Å². The fourth-order valence-electron chi connectivity index (χ4n) is 1.42. The Morgan fingerprint density at radius 2 is 2.15 bits per heavy atom. The first-order valence-electron chi connectivity index (χ1n) is 4.85. The zero-order chi connectivity index (χ0) is 9.84. The molecular formula is C11H18N2. The van der Waals surface area contributed by atoms with Gasteiger partial charge >= 0.3 is 0 Å². The molecular weight excluding hydrogens is 160 g/mol. The van der Waals surface area contributed by atoms with Gasteiger partial charge in [0.15, 0.2) is 0 Å². The van der Waals surface area contributed by atoms with Crippen molar-refractivity contribution >= 4 is 0 Å². The van der Waals surface area contributed by atoms with E-state index >= 15 is 0 Å². The van der Waals surface area contributed by atoms with E-state index in [1.807, 2.05) is 12.4 Å². The molecule has 1 atom stereocenters. The molecule has 0 spiro atoms. The summed E-state index contributed by atoms with van der Waals surface area (Å²) in [7, 11) is 0. The molecule has 0 saturated heterocycles.